The molecule has 3 nitrogen and oxygen atoms in total. The van der Waals surface area contributed by atoms with E-state index in [1.54, 1.807) is 7.11 Å². The maximum absolute atomic E-state index is 6.14. The third kappa shape index (κ3) is 3.44. The second kappa shape index (κ2) is 6.64. The first-order valence-corrected chi connectivity index (χ1v) is 6.88. The lowest BCUT2D eigenvalue weighted by atomic mass is 10.1. The summed E-state index contributed by atoms with van der Waals surface area (Å²) in [5.74, 6) is 0.824. The lowest BCUT2D eigenvalue weighted by molar-refractivity contribution is 0.414. The van der Waals surface area contributed by atoms with Crippen LogP contribution >= 0.6 is 11.6 Å². The van der Waals surface area contributed by atoms with Crippen LogP contribution in [0.4, 0.5) is 5.69 Å². The first-order chi connectivity index (χ1) is 9.63. The van der Waals surface area contributed by atoms with E-state index in [4.69, 9.17) is 22.1 Å². The van der Waals surface area contributed by atoms with E-state index in [1.807, 2.05) is 49.4 Å². The van der Waals surface area contributed by atoms with Crippen LogP contribution in [0.2, 0.25) is 5.02 Å². The van der Waals surface area contributed by atoms with Crippen molar-refractivity contribution in [2.24, 2.45) is 5.73 Å². The molecule has 20 heavy (non-hydrogen) atoms. The number of methoxy groups -OCH3 is 1. The fraction of sp³-hybridized carbons (Fsp3) is 0.250. The van der Waals surface area contributed by atoms with E-state index in [1.165, 1.54) is 0 Å². The fourth-order valence-corrected chi connectivity index (χ4v) is 2.20. The SMILES string of the molecule is COc1cccc(C(CN)Nc2ccc(C)c(Cl)c2)c1. The van der Waals surface area contributed by atoms with Gasteiger partial charge in [-0.2, -0.15) is 0 Å². The molecule has 0 radical (unpaired) electrons. The van der Waals surface area contributed by atoms with Gasteiger partial charge >= 0.3 is 0 Å². The van der Waals surface area contributed by atoms with E-state index < -0.39 is 0 Å². The average Bonchev–Trinajstić information content (AvgIpc) is 2.48. The molecule has 3 N–H and O–H groups in total. The molecular formula is C16H19ClN2O. The normalized spacial score (nSPS) is 12.0. The van der Waals surface area contributed by atoms with Gasteiger partial charge < -0.3 is 15.8 Å². The Morgan fingerprint density at radius 3 is 2.70 bits per heavy atom. The van der Waals surface area contributed by atoms with Gasteiger partial charge in [-0.15, -0.1) is 0 Å². The molecule has 106 valence electrons. The van der Waals surface area contributed by atoms with Gasteiger partial charge in [0.15, 0.2) is 0 Å². The van der Waals surface area contributed by atoms with Crippen molar-refractivity contribution in [2.45, 2.75) is 13.0 Å². The van der Waals surface area contributed by atoms with E-state index >= 15 is 0 Å². The molecule has 1 atom stereocenters. The summed E-state index contributed by atoms with van der Waals surface area (Å²) in [7, 11) is 1.66. The molecule has 0 heterocycles. The number of aryl methyl sites for hydroxylation is 1. The molecule has 0 saturated carbocycles. The van der Waals surface area contributed by atoms with Gasteiger partial charge in [0.25, 0.3) is 0 Å². The maximum atomic E-state index is 6.14. The molecule has 0 aromatic heterocycles. The Bertz CT molecular complexity index is 586. The number of rotatable bonds is 5. The van der Waals surface area contributed by atoms with Crippen LogP contribution in [-0.2, 0) is 0 Å². The molecule has 0 fully saturated rings. The Balaban J connectivity index is 2.21. The second-order valence-electron chi connectivity index (χ2n) is 4.67. The van der Waals surface area contributed by atoms with Crippen LogP contribution in [0.25, 0.3) is 0 Å². The highest BCUT2D eigenvalue weighted by atomic mass is 35.5. The van der Waals surface area contributed by atoms with Crippen molar-refractivity contribution in [3.8, 4) is 5.75 Å². The molecule has 0 aliphatic heterocycles. The Hall–Kier alpha value is -1.71. The van der Waals surface area contributed by atoms with Crippen LogP contribution in [-0.4, -0.2) is 13.7 Å². The lowest BCUT2D eigenvalue weighted by Crippen LogP contribution is -2.20. The summed E-state index contributed by atoms with van der Waals surface area (Å²) >= 11 is 6.14. The van der Waals surface area contributed by atoms with E-state index in [9.17, 15) is 0 Å². The summed E-state index contributed by atoms with van der Waals surface area (Å²) in [5.41, 5.74) is 8.98. The Morgan fingerprint density at radius 2 is 2.05 bits per heavy atom. The van der Waals surface area contributed by atoms with Gasteiger partial charge in [0.2, 0.25) is 0 Å². The minimum Gasteiger partial charge on any atom is -0.497 e. The third-order valence-corrected chi connectivity index (χ3v) is 3.65. The first-order valence-electron chi connectivity index (χ1n) is 6.50. The van der Waals surface area contributed by atoms with E-state index in [0.29, 0.717) is 6.54 Å². The Morgan fingerprint density at radius 1 is 1.25 bits per heavy atom. The van der Waals surface area contributed by atoms with E-state index in [0.717, 1.165) is 27.6 Å². The van der Waals surface area contributed by atoms with Crippen LogP contribution in [0.3, 0.4) is 0 Å². The summed E-state index contributed by atoms with van der Waals surface area (Å²) in [6.07, 6.45) is 0. The number of ether oxygens (including phenoxy) is 1. The highest BCUT2D eigenvalue weighted by Crippen LogP contribution is 2.25. The zero-order valence-corrected chi connectivity index (χ0v) is 12.4. The molecule has 2 aromatic rings. The van der Waals surface area contributed by atoms with Crippen LogP contribution in [0.1, 0.15) is 17.2 Å². The minimum absolute atomic E-state index is 0.0175. The number of nitrogens with one attached hydrogen (secondary N) is 1. The highest BCUT2D eigenvalue weighted by Gasteiger charge is 2.10. The smallest absolute Gasteiger partial charge is 0.119 e. The van der Waals surface area contributed by atoms with Crippen molar-refractivity contribution in [3.63, 3.8) is 0 Å². The fourth-order valence-electron chi connectivity index (χ4n) is 2.02. The molecule has 0 bridgehead atoms. The van der Waals surface area contributed by atoms with Gasteiger partial charge in [0.1, 0.15) is 5.75 Å². The zero-order chi connectivity index (χ0) is 14.5. The topological polar surface area (TPSA) is 47.3 Å². The van der Waals surface area contributed by atoms with Crippen LogP contribution < -0.4 is 15.8 Å². The summed E-state index contributed by atoms with van der Waals surface area (Å²) in [4.78, 5) is 0. The van der Waals surface area contributed by atoms with Gasteiger partial charge in [0, 0.05) is 17.3 Å². The average molecular weight is 291 g/mol. The minimum atomic E-state index is 0.0175. The van der Waals surface area contributed by atoms with Crippen molar-refractivity contribution >= 4 is 17.3 Å². The van der Waals surface area contributed by atoms with Crippen LogP contribution in [0.5, 0.6) is 5.75 Å². The zero-order valence-electron chi connectivity index (χ0n) is 11.7. The van der Waals surface area contributed by atoms with Gasteiger partial charge in [-0.05, 0) is 42.3 Å². The van der Waals surface area contributed by atoms with Crippen molar-refractivity contribution in [1.29, 1.82) is 0 Å². The number of hydrogen-bond acceptors (Lipinski definition) is 3. The monoisotopic (exact) mass is 290 g/mol. The number of hydrogen-bond donors (Lipinski definition) is 2. The van der Waals surface area contributed by atoms with Crippen molar-refractivity contribution in [1.82, 2.24) is 0 Å². The lowest BCUT2D eigenvalue weighted by Gasteiger charge is -2.19. The standard InChI is InChI=1S/C16H19ClN2O/c1-11-6-7-13(9-15(11)17)19-16(10-18)12-4-3-5-14(8-12)20-2/h3-9,16,19H,10,18H2,1-2H3. The summed E-state index contributed by atoms with van der Waals surface area (Å²) < 4.78 is 5.24. The van der Waals surface area contributed by atoms with Crippen molar-refractivity contribution in [2.75, 3.05) is 19.0 Å². The number of anilines is 1. The molecule has 0 amide bonds. The Labute approximate surface area is 124 Å². The quantitative estimate of drug-likeness (QED) is 0.881. The second-order valence-corrected chi connectivity index (χ2v) is 5.08. The summed E-state index contributed by atoms with van der Waals surface area (Å²) in [6.45, 7) is 2.47. The molecule has 4 heteroatoms. The van der Waals surface area contributed by atoms with Crippen LogP contribution in [0.15, 0.2) is 42.5 Å². The molecule has 2 aromatic carbocycles. The molecule has 0 saturated heterocycles. The number of nitrogens with two attached hydrogens (primary N) is 1. The highest BCUT2D eigenvalue weighted by molar-refractivity contribution is 6.31. The molecule has 1 unspecified atom stereocenters. The van der Waals surface area contributed by atoms with E-state index in [2.05, 4.69) is 5.32 Å². The van der Waals surface area contributed by atoms with Gasteiger partial charge in [-0.25, -0.2) is 0 Å². The third-order valence-electron chi connectivity index (χ3n) is 3.24. The van der Waals surface area contributed by atoms with Gasteiger partial charge in [-0.1, -0.05) is 29.8 Å². The van der Waals surface area contributed by atoms with Crippen molar-refractivity contribution < 1.29 is 4.74 Å². The summed E-state index contributed by atoms with van der Waals surface area (Å²) in [5, 5.41) is 4.15. The van der Waals surface area contributed by atoms with Gasteiger partial charge in [0.05, 0.1) is 13.2 Å². The molecule has 0 aliphatic rings. The molecule has 2 rings (SSSR count). The maximum Gasteiger partial charge on any atom is 0.119 e. The molecule has 0 spiro atoms. The molecular weight excluding hydrogens is 272 g/mol. The predicted molar refractivity (Wildman–Crippen MR) is 84.6 cm³/mol. The number of halogens is 1. The predicted octanol–water partition coefficient (Wildman–Crippen LogP) is 3.77. The largest absolute Gasteiger partial charge is 0.497 e. The van der Waals surface area contributed by atoms with Gasteiger partial charge in [-0.3, -0.25) is 0 Å². The molecule has 0 aliphatic carbocycles. The van der Waals surface area contributed by atoms with Crippen LogP contribution in [0, 0.1) is 6.92 Å². The van der Waals surface area contributed by atoms with E-state index in [-0.39, 0.29) is 6.04 Å². The number of benzene rings is 2. The summed E-state index contributed by atoms with van der Waals surface area (Å²) in [6, 6.07) is 13.8. The Kier molecular flexibility index (Phi) is 4.88. The van der Waals surface area contributed by atoms with Crippen molar-refractivity contribution in [3.05, 3.63) is 58.6 Å². The first kappa shape index (κ1) is 14.7.